The van der Waals surface area contributed by atoms with Gasteiger partial charge in [0.25, 0.3) is 0 Å². The minimum atomic E-state index is -5.07. The lowest BCUT2D eigenvalue weighted by atomic mass is 10.0. The Labute approximate surface area is 376 Å². The zero-order chi connectivity index (χ0) is 51.2. The number of morpholine rings is 1. The van der Waals surface area contributed by atoms with Crippen LogP contribution >= 0.6 is 7.75 Å². The summed E-state index contributed by atoms with van der Waals surface area (Å²) in [5.41, 5.74) is -4.31. The Kier molecular flexibility index (Phi) is 23.5. The highest BCUT2D eigenvalue weighted by Gasteiger charge is 2.40. The number of H-pyrrole nitrogens is 1. The highest BCUT2D eigenvalue weighted by Crippen LogP contribution is 2.40. The van der Waals surface area contributed by atoms with Crippen LogP contribution in [0.3, 0.4) is 0 Å². The minimum Gasteiger partial charge on any atom is -0.394 e. The van der Waals surface area contributed by atoms with Crippen LogP contribution in [0.1, 0.15) is 47.1 Å². The third-order valence-electron chi connectivity index (χ3n) is 9.67. The topological polar surface area (TPSA) is 356 Å². The van der Waals surface area contributed by atoms with Gasteiger partial charge in [-0.25, -0.2) is 13.8 Å². The van der Waals surface area contributed by atoms with E-state index in [-0.39, 0.29) is 49.1 Å². The van der Waals surface area contributed by atoms with Crippen molar-refractivity contribution in [3.05, 3.63) is 86.8 Å². The van der Waals surface area contributed by atoms with Gasteiger partial charge < -0.3 is 81.0 Å². The second kappa shape index (κ2) is 26.4. The van der Waals surface area contributed by atoms with Gasteiger partial charge in [-0.3, -0.25) is 9.88 Å². The third-order valence-corrected chi connectivity index (χ3v) is 10.4. The van der Waals surface area contributed by atoms with Crippen molar-refractivity contribution in [2.45, 2.75) is 93.1 Å². The summed E-state index contributed by atoms with van der Waals surface area (Å²) in [6, 6.07) is 5.01. The van der Waals surface area contributed by atoms with Crippen molar-refractivity contribution < 1.29 is 106 Å². The van der Waals surface area contributed by atoms with Crippen LogP contribution in [0, 0.1) is 5.82 Å². The maximum atomic E-state index is 13.7. The summed E-state index contributed by atoms with van der Waals surface area (Å²) in [7, 11) is -1.92. The molecule has 1 saturated heterocycles. The van der Waals surface area contributed by atoms with Gasteiger partial charge in [0.05, 0.1) is 61.8 Å². The molecule has 30 heteroatoms. The fourth-order valence-electron chi connectivity index (χ4n) is 6.09. The fourth-order valence-corrected chi connectivity index (χ4v) is 6.60. The van der Waals surface area contributed by atoms with E-state index in [9.17, 15) is 60.1 Å². The van der Waals surface area contributed by atoms with Gasteiger partial charge in [-0.1, -0.05) is 12.1 Å². The van der Waals surface area contributed by atoms with Crippen LogP contribution in [0.2, 0.25) is 0 Å². The third kappa shape index (κ3) is 18.0. The molecule has 2 aromatic carbocycles. The van der Waals surface area contributed by atoms with Gasteiger partial charge in [-0.15, -0.1) is 9.55 Å². The van der Waals surface area contributed by atoms with E-state index >= 15 is 0 Å². The molecule has 11 atom stereocenters. The highest BCUT2D eigenvalue weighted by molar-refractivity contribution is 7.49. The Morgan fingerprint density at radius 1 is 0.806 bits per heavy atom. The Bertz CT molecular complexity index is 1970. The number of likely N-dealkylation sites (N-methyl/N-ethyl adjacent to an activating group) is 2. The molecule has 1 aliphatic rings. The van der Waals surface area contributed by atoms with Crippen molar-refractivity contribution in [3.8, 4) is 0 Å². The molecule has 1 aliphatic heterocycles. The van der Waals surface area contributed by atoms with Crippen LogP contribution in [0.4, 0.5) is 30.7 Å². The van der Waals surface area contributed by atoms with E-state index in [0.717, 1.165) is 12.1 Å². The fraction of sp³-hybridized carbons (Fsp3) is 0.622. The molecule has 0 saturated carbocycles. The number of hydrogen-bond donors (Lipinski definition) is 15. The number of nitrogens with one attached hydrogen (secondary N) is 3. The van der Waals surface area contributed by atoms with Gasteiger partial charge in [0, 0.05) is 19.6 Å². The number of benzene rings is 2. The summed E-state index contributed by atoms with van der Waals surface area (Å²) in [6.07, 6.45) is -24.1. The summed E-state index contributed by atoms with van der Waals surface area (Å²) in [5, 5.41) is 98.6. The number of aliphatic hydroxyl groups is 10. The molecule has 15 N–H and O–H groups in total. The number of halogens is 7. The van der Waals surface area contributed by atoms with Crippen molar-refractivity contribution in [2.75, 3.05) is 53.6 Å². The van der Waals surface area contributed by atoms with Crippen molar-refractivity contribution in [2.24, 2.45) is 0 Å². The molecule has 4 rings (SSSR count). The standard InChI is InChI=1S/C23H22F7N4O6P.2C7H17NO5/c1-12(14-8-15(22(25,26)27)10-16(9-14)23(28,29)30)40-20-19(13-2-4-17(24)5-3-13)33(6-7-39-20)11-18-31-21(35)34(32-18)41(36,37)38;2*1-8-2-4(10)6(12)7(13)5(11)3-9/h2-5,8-10,12,19-20H,6-7,11H2,1H3,(H,31,32,35)(H2,36,37,38);2*4-13H,2-3H2,1H3/t12-,19+,20+;2*4-,5+,6+,7+/m000/s1. The smallest absolute Gasteiger partial charge is 0.394 e. The maximum Gasteiger partial charge on any atom is 0.454 e. The van der Waals surface area contributed by atoms with E-state index in [0.29, 0.717) is 17.7 Å². The Morgan fingerprint density at radius 3 is 1.64 bits per heavy atom. The van der Waals surface area contributed by atoms with Gasteiger partial charge in [-0.2, -0.15) is 26.3 Å². The van der Waals surface area contributed by atoms with E-state index < -0.39 is 129 Å². The second-order valence-corrected chi connectivity index (χ2v) is 16.2. The normalized spacial score (nSPS) is 20.2. The first-order chi connectivity index (χ1) is 31.0. The number of alkyl halides is 6. The first-order valence-electron chi connectivity index (χ1n) is 19.8. The van der Waals surface area contributed by atoms with Crippen LogP contribution in [0.5, 0.6) is 0 Å². The van der Waals surface area contributed by atoms with Crippen LogP contribution in [-0.4, -0.2) is 189 Å². The maximum absolute atomic E-state index is 13.7. The average molecular weight is 1000 g/mol. The second-order valence-electron chi connectivity index (χ2n) is 14.8. The number of ether oxygens (including phenoxy) is 2. The Balaban J connectivity index is 0.000000484. The lowest BCUT2D eigenvalue weighted by molar-refractivity contribution is -0.231. The molecule has 1 aromatic heterocycles. The number of aromatic amines is 1. The molecule has 22 nitrogen and oxygen atoms in total. The zero-order valence-corrected chi connectivity index (χ0v) is 36.7. The van der Waals surface area contributed by atoms with Crippen molar-refractivity contribution >= 4 is 7.75 Å². The summed E-state index contributed by atoms with van der Waals surface area (Å²) < 4.78 is 117. The first-order valence-corrected chi connectivity index (χ1v) is 21.3. The van der Waals surface area contributed by atoms with Gasteiger partial charge in [0.1, 0.15) is 48.3 Å². The van der Waals surface area contributed by atoms with Crippen LogP contribution in [0.15, 0.2) is 47.3 Å². The molecule has 1 fully saturated rings. The van der Waals surface area contributed by atoms with Crippen molar-refractivity contribution in [1.82, 2.24) is 30.1 Å². The first kappa shape index (κ1) is 59.6. The summed E-state index contributed by atoms with van der Waals surface area (Å²) in [4.78, 5) is 34.3. The molecule has 0 bridgehead atoms. The molecule has 2 heterocycles. The number of rotatable bonds is 19. The van der Waals surface area contributed by atoms with Crippen molar-refractivity contribution in [3.63, 3.8) is 0 Å². The highest BCUT2D eigenvalue weighted by atomic mass is 31.2. The summed E-state index contributed by atoms with van der Waals surface area (Å²) in [6.45, 7) is -0.0952. The van der Waals surface area contributed by atoms with E-state index in [1.54, 1.807) is 19.0 Å². The predicted octanol–water partition coefficient (Wildman–Crippen LogP) is -2.35. The quantitative estimate of drug-likeness (QED) is 0.0442. The summed E-state index contributed by atoms with van der Waals surface area (Å²) >= 11 is 0. The monoisotopic (exact) mass is 1000 g/mol. The SMILES string of the molecule is CNC[C@H](O)[C@@H](O)[C@H](O)[C@H](O)CO.CNC[C@H](O)[C@@H](O)[C@H](O)[C@H](O)CO.C[C@H](O[C@H]1OCCN(Cc2nn(P(=O)(O)O)c(=O)[nH]2)[C@@H]1c1ccc(F)cc1)c1cc(C(F)(F)F)cc(C(F)(F)F)c1. The Hall–Kier alpha value is -3.56. The lowest BCUT2D eigenvalue weighted by Gasteiger charge is -2.41. The number of aromatic nitrogens is 3. The molecule has 0 amide bonds. The number of aliphatic hydroxyl groups excluding tert-OH is 10. The largest absolute Gasteiger partial charge is 0.454 e. The van der Waals surface area contributed by atoms with Gasteiger partial charge >= 0.3 is 25.8 Å². The van der Waals surface area contributed by atoms with E-state index in [1.807, 2.05) is 0 Å². The molecule has 0 radical (unpaired) electrons. The van der Waals surface area contributed by atoms with Crippen LogP contribution in [0.25, 0.3) is 0 Å². The van der Waals surface area contributed by atoms with E-state index in [4.69, 9.17) is 50.3 Å². The molecular formula is C37H56F7N6O16P. The number of hydrogen-bond acceptors (Lipinski definition) is 18. The molecule has 384 valence electrons. The minimum absolute atomic E-state index is 0.00603. The summed E-state index contributed by atoms with van der Waals surface area (Å²) in [5.74, 6) is -0.775. The Morgan fingerprint density at radius 2 is 1.25 bits per heavy atom. The van der Waals surface area contributed by atoms with Crippen LogP contribution in [-0.2, 0) is 32.9 Å². The lowest BCUT2D eigenvalue weighted by Crippen LogP contribution is -2.48. The zero-order valence-electron chi connectivity index (χ0n) is 35.8. The van der Waals surface area contributed by atoms with Gasteiger partial charge in [0.15, 0.2) is 6.29 Å². The molecule has 3 aromatic rings. The molecule has 0 unspecified atom stereocenters. The molecule has 0 spiro atoms. The van der Waals surface area contributed by atoms with Crippen molar-refractivity contribution in [1.29, 1.82) is 0 Å². The van der Waals surface area contributed by atoms with Crippen LogP contribution < -0.4 is 16.3 Å². The molecular weight excluding hydrogens is 948 g/mol. The molecule has 0 aliphatic carbocycles. The van der Waals surface area contributed by atoms with E-state index in [1.165, 1.54) is 19.1 Å². The number of nitrogens with zero attached hydrogens (tertiary/aromatic N) is 3. The predicted molar refractivity (Wildman–Crippen MR) is 216 cm³/mol. The van der Waals surface area contributed by atoms with Gasteiger partial charge in [0.2, 0.25) is 0 Å². The molecule has 67 heavy (non-hydrogen) atoms. The van der Waals surface area contributed by atoms with Gasteiger partial charge in [-0.05, 0) is 62.5 Å². The average Bonchev–Trinajstić information content (AvgIpc) is 3.65. The van der Waals surface area contributed by atoms with E-state index in [2.05, 4.69) is 20.7 Å².